The minimum absolute atomic E-state index is 0.0969. The van der Waals surface area contributed by atoms with E-state index in [2.05, 4.69) is 15.5 Å². The van der Waals surface area contributed by atoms with Gasteiger partial charge in [-0.1, -0.05) is 30.1 Å². The Balaban J connectivity index is 2.03. The van der Waals surface area contributed by atoms with Crippen molar-refractivity contribution in [2.45, 2.75) is 12.8 Å². The van der Waals surface area contributed by atoms with E-state index in [1.54, 1.807) is 6.07 Å². The second-order valence-electron chi connectivity index (χ2n) is 5.78. The second kappa shape index (κ2) is 5.76. The van der Waals surface area contributed by atoms with E-state index in [1.165, 1.54) is 12.1 Å². The Kier molecular flexibility index (Phi) is 3.70. The Morgan fingerprint density at radius 2 is 1.88 bits per heavy atom. The fourth-order valence-electron chi connectivity index (χ4n) is 2.89. The predicted molar refractivity (Wildman–Crippen MR) is 93.7 cm³/mol. The van der Waals surface area contributed by atoms with Crippen LogP contribution in [0.3, 0.4) is 0 Å². The molecule has 0 fully saturated rings. The van der Waals surface area contributed by atoms with Crippen molar-refractivity contribution in [2.24, 2.45) is 0 Å². The number of fused-ring (bicyclic) bond motifs is 3. The molecule has 2 heterocycles. The normalized spacial score (nSPS) is 16.1. The number of aromatic nitrogens is 3. The van der Waals surface area contributed by atoms with Crippen molar-refractivity contribution in [2.75, 3.05) is 11.9 Å². The van der Waals surface area contributed by atoms with Gasteiger partial charge in [0, 0.05) is 22.5 Å². The molecule has 1 atom stereocenters. The van der Waals surface area contributed by atoms with Crippen LogP contribution in [0.25, 0.3) is 17.1 Å². The van der Waals surface area contributed by atoms with Gasteiger partial charge in [0.1, 0.15) is 11.6 Å². The largest absolute Gasteiger partial charge is 0.383 e. The zero-order valence-electron chi connectivity index (χ0n) is 12.7. The molecule has 1 N–H and O–H groups in total. The molecule has 1 unspecified atom stereocenters. The molecule has 0 aliphatic carbocycles. The van der Waals surface area contributed by atoms with Gasteiger partial charge in [0.2, 0.25) is 0 Å². The first-order valence-corrected chi connectivity index (χ1v) is 8.24. The highest BCUT2D eigenvalue weighted by atomic mass is 35.5. The number of benzene rings is 2. The Bertz CT molecular complexity index is 938. The molecule has 3 aromatic rings. The molecule has 4 nitrogen and oxygen atoms in total. The molecule has 7 heteroatoms. The van der Waals surface area contributed by atoms with Gasteiger partial charge in [0.15, 0.2) is 5.82 Å². The van der Waals surface area contributed by atoms with Crippen molar-refractivity contribution in [1.82, 2.24) is 14.8 Å². The standard InChI is InChI=1S/C17H13Cl2FN4/c1-9-8-21-14-5-3-11(19)7-15(14)24-16(9)22-23-17(24)12-6-10(18)2-4-13(12)20/h2-7,9,21H,8H2,1H3. The summed E-state index contributed by atoms with van der Waals surface area (Å²) in [4.78, 5) is 0. The smallest absolute Gasteiger partial charge is 0.171 e. The number of rotatable bonds is 1. The lowest BCUT2D eigenvalue weighted by Gasteiger charge is -2.13. The lowest BCUT2D eigenvalue weighted by Crippen LogP contribution is -2.09. The third kappa shape index (κ3) is 2.44. The van der Waals surface area contributed by atoms with Crippen LogP contribution >= 0.6 is 23.2 Å². The lowest BCUT2D eigenvalue weighted by atomic mass is 10.1. The molecule has 1 aromatic heterocycles. The summed E-state index contributed by atoms with van der Waals surface area (Å²) in [5, 5.41) is 12.9. The van der Waals surface area contributed by atoms with Crippen molar-refractivity contribution >= 4 is 28.9 Å². The zero-order chi connectivity index (χ0) is 16.8. The van der Waals surface area contributed by atoms with Gasteiger partial charge in [-0.2, -0.15) is 0 Å². The van der Waals surface area contributed by atoms with Gasteiger partial charge in [-0.3, -0.25) is 4.57 Å². The molecule has 0 spiro atoms. The Morgan fingerprint density at radius 1 is 1.12 bits per heavy atom. The van der Waals surface area contributed by atoms with Crippen LogP contribution in [0.5, 0.6) is 0 Å². The van der Waals surface area contributed by atoms with Gasteiger partial charge in [-0.15, -0.1) is 10.2 Å². The number of nitrogens with one attached hydrogen (secondary N) is 1. The van der Waals surface area contributed by atoms with E-state index in [1.807, 2.05) is 29.7 Å². The molecule has 122 valence electrons. The van der Waals surface area contributed by atoms with Crippen molar-refractivity contribution in [1.29, 1.82) is 0 Å². The average Bonchev–Trinajstić information content (AvgIpc) is 2.95. The van der Waals surface area contributed by atoms with Crippen molar-refractivity contribution in [3.05, 3.63) is 58.1 Å². The Hall–Kier alpha value is -2.11. The summed E-state index contributed by atoms with van der Waals surface area (Å²) in [6.45, 7) is 2.74. The molecular weight excluding hydrogens is 350 g/mol. The summed E-state index contributed by atoms with van der Waals surface area (Å²) in [6, 6.07) is 9.93. The van der Waals surface area contributed by atoms with Crippen molar-refractivity contribution in [3.8, 4) is 17.1 Å². The highest BCUT2D eigenvalue weighted by Gasteiger charge is 2.26. The van der Waals surface area contributed by atoms with Gasteiger partial charge < -0.3 is 5.32 Å². The van der Waals surface area contributed by atoms with E-state index in [9.17, 15) is 4.39 Å². The molecule has 0 saturated carbocycles. The average molecular weight is 363 g/mol. The minimum Gasteiger partial charge on any atom is -0.383 e. The molecule has 0 saturated heterocycles. The number of halogens is 3. The first-order valence-electron chi connectivity index (χ1n) is 7.49. The van der Waals surface area contributed by atoms with E-state index in [0.717, 1.165) is 17.2 Å². The van der Waals surface area contributed by atoms with Gasteiger partial charge in [0.05, 0.1) is 16.9 Å². The Morgan fingerprint density at radius 3 is 2.71 bits per heavy atom. The molecule has 0 bridgehead atoms. The molecule has 1 aliphatic heterocycles. The maximum atomic E-state index is 14.4. The zero-order valence-corrected chi connectivity index (χ0v) is 14.2. The summed E-state index contributed by atoms with van der Waals surface area (Å²) in [6.07, 6.45) is 0. The monoisotopic (exact) mass is 362 g/mol. The fourth-order valence-corrected chi connectivity index (χ4v) is 3.23. The number of nitrogens with zero attached hydrogens (tertiary/aromatic N) is 3. The number of hydrogen-bond acceptors (Lipinski definition) is 3. The summed E-state index contributed by atoms with van der Waals surface area (Å²) in [5.74, 6) is 0.852. The van der Waals surface area contributed by atoms with E-state index in [-0.39, 0.29) is 5.92 Å². The topological polar surface area (TPSA) is 42.7 Å². The SMILES string of the molecule is CC1CNc2ccc(Cl)cc2-n2c(-c3cc(Cl)ccc3F)nnc21. The van der Waals surface area contributed by atoms with E-state index in [4.69, 9.17) is 23.2 Å². The number of anilines is 1. The third-order valence-corrected chi connectivity index (χ3v) is 4.57. The highest BCUT2D eigenvalue weighted by Crippen LogP contribution is 2.36. The molecule has 4 rings (SSSR count). The van der Waals surface area contributed by atoms with E-state index >= 15 is 0 Å². The van der Waals surface area contributed by atoms with Gasteiger partial charge >= 0.3 is 0 Å². The van der Waals surface area contributed by atoms with Gasteiger partial charge in [0.25, 0.3) is 0 Å². The van der Waals surface area contributed by atoms with Crippen LogP contribution in [0.4, 0.5) is 10.1 Å². The quantitative estimate of drug-likeness (QED) is 0.668. The van der Waals surface area contributed by atoms with Crippen LogP contribution in [-0.2, 0) is 0 Å². The molecule has 2 aromatic carbocycles. The van der Waals surface area contributed by atoms with E-state index in [0.29, 0.717) is 28.0 Å². The second-order valence-corrected chi connectivity index (χ2v) is 6.66. The van der Waals surface area contributed by atoms with E-state index < -0.39 is 5.82 Å². The van der Waals surface area contributed by atoms with Crippen molar-refractivity contribution < 1.29 is 4.39 Å². The van der Waals surface area contributed by atoms with Crippen LogP contribution in [0.1, 0.15) is 18.7 Å². The van der Waals surface area contributed by atoms with Gasteiger partial charge in [-0.25, -0.2) is 4.39 Å². The van der Waals surface area contributed by atoms with Crippen LogP contribution in [-0.4, -0.2) is 21.3 Å². The molecule has 0 radical (unpaired) electrons. The highest BCUT2D eigenvalue weighted by molar-refractivity contribution is 6.31. The summed E-state index contributed by atoms with van der Waals surface area (Å²) >= 11 is 12.2. The van der Waals surface area contributed by atoms with Crippen LogP contribution in [0, 0.1) is 5.82 Å². The molecule has 1 aliphatic rings. The summed E-state index contributed by atoms with van der Waals surface area (Å²) < 4.78 is 16.2. The van der Waals surface area contributed by atoms with Crippen LogP contribution in [0.15, 0.2) is 36.4 Å². The Labute approximate surface area is 148 Å². The lowest BCUT2D eigenvalue weighted by molar-refractivity contribution is 0.629. The van der Waals surface area contributed by atoms with Gasteiger partial charge in [-0.05, 0) is 36.4 Å². The predicted octanol–water partition coefficient (Wildman–Crippen LogP) is 4.91. The maximum Gasteiger partial charge on any atom is 0.171 e. The molecular formula is C17H13Cl2FN4. The third-order valence-electron chi connectivity index (χ3n) is 4.10. The van der Waals surface area contributed by atoms with Crippen LogP contribution < -0.4 is 5.32 Å². The summed E-state index contributed by atoms with van der Waals surface area (Å²) in [5.41, 5.74) is 2.00. The maximum absolute atomic E-state index is 14.4. The molecule has 0 amide bonds. The first-order chi connectivity index (χ1) is 11.5. The van der Waals surface area contributed by atoms with Crippen LogP contribution in [0.2, 0.25) is 10.0 Å². The number of hydrogen-bond donors (Lipinski definition) is 1. The van der Waals surface area contributed by atoms with Crippen molar-refractivity contribution in [3.63, 3.8) is 0 Å². The molecule has 24 heavy (non-hydrogen) atoms. The summed E-state index contributed by atoms with van der Waals surface area (Å²) in [7, 11) is 0. The fraction of sp³-hybridized carbons (Fsp3) is 0.176. The first kappa shape index (κ1) is 15.4. The minimum atomic E-state index is -0.400.